The molecule has 0 aliphatic rings. The van der Waals surface area contributed by atoms with Crippen molar-refractivity contribution in [3.63, 3.8) is 0 Å². The van der Waals surface area contributed by atoms with Crippen LogP contribution in [0.5, 0.6) is 0 Å². The number of nitrogens with one attached hydrogen (secondary N) is 1. The van der Waals surface area contributed by atoms with Gasteiger partial charge in [0.15, 0.2) is 0 Å². The third-order valence-electron chi connectivity index (χ3n) is 8.60. The van der Waals surface area contributed by atoms with Gasteiger partial charge in [-0.05, 0) is 64.2 Å². The fraction of sp³-hybridized carbons (Fsp3) is 0.780. The molecule has 0 aliphatic carbocycles. The van der Waals surface area contributed by atoms with E-state index in [2.05, 4.69) is 55.6 Å². The largest absolute Gasteiger partial charge is 0.472 e. The SMILES string of the molecule is CCCC/C=C/CC/C=C/CC/C=C/C(O)C(COP(=O)(O)OCCN)NC(=O)CCCCCCCCCCC/C=C\CCCCCCCC. The lowest BCUT2D eigenvalue weighted by molar-refractivity contribution is -0.123. The second-order valence-electron chi connectivity index (χ2n) is 13.5. The van der Waals surface area contributed by atoms with E-state index in [-0.39, 0.29) is 25.7 Å². The maximum Gasteiger partial charge on any atom is 0.472 e. The Morgan fingerprint density at radius 1 is 0.640 bits per heavy atom. The number of unbranched alkanes of at least 4 members (excludes halogenated alkanes) is 19. The standard InChI is InChI=1S/C41H77N2O6P/c1-3-5-7-9-11-13-15-17-18-19-20-21-22-23-25-27-29-31-33-35-41(45)43-39(38-49-50(46,47)48-37-36-42)40(44)34-32-30-28-26-24-16-14-12-10-8-6-4-2/h10,12,17-18,24,26,32,34,39-40,44H,3-9,11,13-16,19-23,25,27-31,33,35-38,42H2,1-2H3,(H,43,45)(H,46,47)/b12-10+,18-17-,26-24+,34-32+. The quantitative estimate of drug-likeness (QED) is 0.0285. The number of aliphatic hydroxyl groups excluding tert-OH is 1. The first-order chi connectivity index (χ1) is 24.4. The van der Waals surface area contributed by atoms with Crippen LogP contribution >= 0.6 is 7.82 Å². The Morgan fingerprint density at radius 2 is 1.08 bits per heavy atom. The number of carbonyl (C=O) groups excluding carboxylic acids is 1. The third kappa shape index (κ3) is 34.9. The van der Waals surface area contributed by atoms with Gasteiger partial charge < -0.3 is 21.1 Å². The van der Waals surface area contributed by atoms with Crippen LogP contribution in [0.25, 0.3) is 0 Å². The predicted octanol–water partition coefficient (Wildman–Crippen LogP) is 10.9. The summed E-state index contributed by atoms with van der Waals surface area (Å²) in [6.45, 7) is 4.04. The summed E-state index contributed by atoms with van der Waals surface area (Å²) in [5.74, 6) is -0.214. The maximum atomic E-state index is 12.7. The molecule has 0 heterocycles. The Balaban J connectivity index is 4.26. The average molecular weight is 725 g/mol. The van der Waals surface area contributed by atoms with Gasteiger partial charge in [-0.15, -0.1) is 0 Å². The van der Waals surface area contributed by atoms with Crippen molar-refractivity contribution < 1.29 is 28.4 Å². The number of carbonyl (C=O) groups is 1. The Kier molecular flexibility index (Phi) is 36.1. The van der Waals surface area contributed by atoms with E-state index in [4.69, 9.17) is 14.8 Å². The van der Waals surface area contributed by atoms with Crippen LogP contribution in [0.1, 0.15) is 174 Å². The molecular formula is C41H77N2O6P. The van der Waals surface area contributed by atoms with E-state index in [0.717, 1.165) is 51.4 Å². The van der Waals surface area contributed by atoms with E-state index in [9.17, 15) is 19.4 Å². The summed E-state index contributed by atoms with van der Waals surface area (Å²) in [6.07, 6.45) is 44.5. The molecule has 0 aromatic rings. The van der Waals surface area contributed by atoms with E-state index in [1.165, 1.54) is 103 Å². The first-order valence-electron chi connectivity index (χ1n) is 20.3. The van der Waals surface area contributed by atoms with Gasteiger partial charge in [0, 0.05) is 13.0 Å². The van der Waals surface area contributed by atoms with Crippen molar-refractivity contribution in [2.24, 2.45) is 5.73 Å². The molecule has 0 aromatic carbocycles. The number of nitrogens with two attached hydrogens (primary N) is 1. The highest BCUT2D eigenvalue weighted by Crippen LogP contribution is 2.43. The minimum Gasteiger partial charge on any atom is -0.387 e. The molecule has 0 spiro atoms. The lowest BCUT2D eigenvalue weighted by Crippen LogP contribution is -2.45. The molecule has 0 aliphatic heterocycles. The zero-order valence-corrected chi connectivity index (χ0v) is 33.0. The van der Waals surface area contributed by atoms with Crippen molar-refractivity contribution >= 4 is 13.7 Å². The number of rotatable bonds is 37. The van der Waals surface area contributed by atoms with Crippen molar-refractivity contribution in [1.29, 1.82) is 0 Å². The normalized spacial score (nSPS) is 14.7. The van der Waals surface area contributed by atoms with Gasteiger partial charge in [-0.2, -0.15) is 0 Å². The fourth-order valence-electron chi connectivity index (χ4n) is 5.50. The van der Waals surface area contributed by atoms with Crippen molar-refractivity contribution in [2.75, 3.05) is 19.8 Å². The zero-order chi connectivity index (χ0) is 36.8. The highest BCUT2D eigenvalue weighted by atomic mass is 31.2. The number of hydrogen-bond acceptors (Lipinski definition) is 6. The smallest absolute Gasteiger partial charge is 0.387 e. The predicted molar refractivity (Wildman–Crippen MR) is 212 cm³/mol. The summed E-state index contributed by atoms with van der Waals surface area (Å²) in [5.41, 5.74) is 5.35. The van der Waals surface area contributed by atoms with Crippen LogP contribution in [0.15, 0.2) is 48.6 Å². The van der Waals surface area contributed by atoms with Crippen LogP contribution in [0.2, 0.25) is 0 Å². The third-order valence-corrected chi connectivity index (χ3v) is 9.59. The molecule has 0 saturated heterocycles. The first-order valence-corrected chi connectivity index (χ1v) is 21.8. The van der Waals surface area contributed by atoms with Gasteiger partial charge in [0.25, 0.3) is 0 Å². The molecule has 9 heteroatoms. The number of aliphatic hydroxyl groups is 1. The van der Waals surface area contributed by atoms with Crippen LogP contribution in [0.3, 0.4) is 0 Å². The Hall–Kier alpha value is -1.54. The molecule has 5 N–H and O–H groups in total. The Bertz CT molecular complexity index is 923. The van der Waals surface area contributed by atoms with E-state index < -0.39 is 20.0 Å². The summed E-state index contributed by atoms with van der Waals surface area (Å²) >= 11 is 0. The number of allylic oxidation sites excluding steroid dienone is 7. The van der Waals surface area contributed by atoms with Crippen LogP contribution in [0.4, 0.5) is 0 Å². The van der Waals surface area contributed by atoms with Gasteiger partial charge in [-0.3, -0.25) is 13.8 Å². The number of phosphoric ester groups is 1. The molecule has 50 heavy (non-hydrogen) atoms. The summed E-state index contributed by atoms with van der Waals surface area (Å²) in [7, 11) is -4.35. The number of amides is 1. The second-order valence-corrected chi connectivity index (χ2v) is 14.9. The average Bonchev–Trinajstić information content (AvgIpc) is 3.10. The van der Waals surface area contributed by atoms with Gasteiger partial charge in [-0.25, -0.2) is 4.57 Å². The second kappa shape index (κ2) is 37.2. The zero-order valence-electron chi connectivity index (χ0n) is 32.1. The molecule has 0 rings (SSSR count). The van der Waals surface area contributed by atoms with Gasteiger partial charge in [0.05, 0.1) is 25.4 Å². The van der Waals surface area contributed by atoms with E-state index >= 15 is 0 Å². The molecule has 0 radical (unpaired) electrons. The fourth-order valence-corrected chi connectivity index (χ4v) is 6.26. The first kappa shape index (κ1) is 48.5. The molecule has 3 unspecified atom stereocenters. The van der Waals surface area contributed by atoms with Crippen LogP contribution in [-0.2, 0) is 18.4 Å². The lowest BCUT2D eigenvalue weighted by atomic mass is 10.0. The molecule has 1 amide bonds. The summed E-state index contributed by atoms with van der Waals surface area (Å²) in [6, 6.07) is -0.883. The summed E-state index contributed by atoms with van der Waals surface area (Å²) in [5, 5.41) is 13.6. The molecule has 0 fully saturated rings. The van der Waals surface area contributed by atoms with Crippen molar-refractivity contribution in [1.82, 2.24) is 5.32 Å². The number of hydrogen-bond donors (Lipinski definition) is 4. The van der Waals surface area contributed by atoms with Crippen molar-refractivity contribution in [3.8, 4) is 0 Å². The molecule has 0 saturated carbocycles. The molecule has 0 aromatic heterocycles. The van der Waals surface area contributed by atoms with Crippen LogP contribution < -0.4 is 11.1 Å². The molecule has 0 bridgehead atoms. The molecule has 3 atom stereocenters. The van der Waals surface area contributed by atoms with Crippen molar-refractivity contribution in [2.45, 2.75) is 187 Å². The lowest BCUT2D eigenvalue weighted by Gasteiger charge is -2.23. The van der Waals surface area contributed by atoms with Crippen LogP contribution in [-0.4, -0.2) is 47.8 Å². The van der Waals surface area contributed by atoms with Crippen molar-refractivity contribution in [3.05, 3.63) is 48.6 Å². The highest BCUT2D eigenvalue weighted by molar-refractivity contribution is 7.47. The Labute approximate surface area is 307 Å². The number of phosphoric acid groups is 1. The molecular weight excluding hydrogens is 647 g/mol. The maximum absolute atomic E-state index is 12.7. The highest BCUT2D eigenvalue weighted by Gasteiger charge is 2.26. The van der Waals surface area contributed by atoms with Gasteiger partial charge >= 0.3 is 7.82 Å². The summed E-state index contributed by atoms with van der Waals surface area (Å²) < 4.78 is 22.0. The summed E-state index contributed by atoms with van der Waals surface area (Å²) in [4.78, 5) is 22.6. The monoisotopic (exact) mass is 725 g/mol. The molecule has 292 valence electrons. The van der Waals surface area contributed by atoms with E-state index in [1.807, 2.05) is 6.08 Å². The Morgan fingerprint density at radius 3 is 1.60 bits per heavy atom. The van der Waals surface area contributed by atoms with Crippen LogP contribution in [0, 0.1) is 0 Å². The van der Waals surface area contributed by atoms with Gasteiger partial charge in [0.1, 0.15) is 0 Å². The van der Waals surface area contributed by atoms with E-state index in [0.29, 0.717) is 6.42 Å². The van der Waals surface area contributed by atoms with Gasteiger partial charge in [-0.1, -0.05) is 152 Å². The minimum atomic E-state index is -4.35. The van der Waals surface area contributed by atoms with E-state index in [1.54, 1.807) is 6.08 Å². The topological polar surface area (TPSA) is 131 Å². The molecule has 8 nitrogen and oxygen atoms in total. The minimum absolute atomic E-state index is 0.0702. The van der Waals surface area contributed by atoms with Gasteiger partial charge in [0.2, 0.25) is 5.91 Å².